The van der Waals surface area contributed by atoms with Crippen LogP contribution in [-0.4, -0.2) is 20.7 Å². The lowest BCUT2D eigenvalue weighted by Gasteiger charge is -2.00. The van der Waals surface area contributed by atoms with Gasteiger partial charge in [-0.2, -0.15) is 5.10 Å². The number of nitrogens with one attached hydrogen (secondary N) is 1. The Morgan fingerprint density at radius 3 is 2.81 bits per heavy atom. The number of aryl methyl sites for hydroxylation is 1. The van der Waals surface area contributed by atoms with Crippen LogP contribution in [0, 0.1) is 0 Å². The molecule has 6 heteroatoms. The van der Waals surface area contributed by atoms with Gasteiger partial charge in [0.2, 0.25) is 0 Å². The predicted molar refractivity (Wildman–Crippen MR) is 60.4 cm³/mol. The maximum absolute atomic E-state index is 11.7. The van der Waals surface area contributed by atoms with Gasteiger partial charge < -0.3 is 5.32 Å². The Bertz CT molecular complexity index is 506. The van der Waals surface area contributed by atoms with Crippen LogP contribution in [0.4, 0.5) is 5.69 Å². The lowest BCUT2D eigenvalue weighted by atomic mass is 10.3. The number of carbonyl (C=O) groups is 1. The van der Waals surface area contributed by atoms with Crippen LogP contribution in [-0.2, 0) is 7.05 Å². The predicted octanol–water partition coefficient (Wildman–Crippen LogP) is 1.72. The second-order valence-electron chi connectivity index (χ2n) is 3.22. The summed E-state index contributed by atoms with van der Waals surface area (Å²) in [6, 6.07) is 3.18. The molecule has 0 bridgehead atoms. The third-order valence-electron chi connectivity index (χ3n) is 1.92. The topological polar surface area (TPSA) is 59.8 Å². The van der Waals surface area contributed by atoms with E-state index in [0.717, 1.165) is 0 Å². The Labute approximate surface area is 97.1 Å². The Morgan fingerprint density at radius 1 is 1.44 bits per heavy atom. The number of nitrogens with zero attached hydrogens (tertiary/aromatic N) is 3. The molecular weight excluding hydrogens is 228 g/mol. The van der Waals surface area contributed by atoms with Crippen LogP contribution < -0.4 is 5.32 Å². The molecule has 0 aliphatic carbocycles. The molecule has 0 aromatic carbocycles. The van der Waals surface area contributed by atoms with Gasteiger partial charge in [-0.05, 0) is 12.1 Å². The fourth-order valence-corrected chi connectivity index (χ4v) is 1.30. The van der Waals surface area contributed by atoms with E-state index in [9.17, 15) is 4.79 Å². The Hall–Kier alpha value is -1.88. The normalized spacial score (nSPS) is 10.1. The van der Waals surface area contributed by atoms with Gasteiger partial charge in [-0.1, -0.05) is 11.6 Å². The molecule has 82 valence electrons. The number of halogens is 1. The molecule has 2 rings (SSSR count). The molecule has 0 aliphatic rings. The van der Waals surface area contributed by atoms with Gasteiger partial charge in [0, 0.05) is 19.4 Å². The Kier molecular flexibility index (Phi) is 2.87. The largest absolute Gasteiger partial charge is 0.318 e. The van der Waals surface area contributed by atoms with E-state index in [1.165, 1.54) is 6.20 Å². The summed E-state index contributed by atoms with van der Waals surface area (Å²) in [4.78, 5) is 15.6. The summed E-state index contributed by atoms with van der Waals surface area (Å²) < 4.78 is 1.60. The van der Waals surface area contributed by atoms with Crippen molar-refractivity contribution in [3.63, 3.8) is 0 Å². The van der Waals surface area contributed by atoms with Gasteiger partial charge in [-0.3, -0.25) is 9.48 Å². The highest BCUT2D eigenvalue weighted by molar-refractivity contribution is 6.30. The second-order valence-corrected chi connectivity index (χ2v) is 3.65. The number of hydrogen-bond donors (Lipinski definition) is 1. The zero-order chi connectivity index (χ0) is 11.5. The minimum Gasteiger partial charge on any atom is -0.318 e. The number of rotatable bonds is 2. The van der Waals surface area contributed by atoms with Crippen molar-refractivity contribution in [2.75, 3.05) is 5.32 Å². The average Bonchev–Trinajstić information content (AvgIpc) is 2.65. The maximum Gasteiger partial charge on any atom is 0.274 e. The highest BCUT2D eigenvalue weighted by Gasteiger charge is 2.07. The van der Waals surface area contributed by atoms with Crippen molar-refractivity contribution in [1.29, 1.82) is 0 Å². The standard InChI is InChI=1S/C10H9ClN4O/c1-15-6-8(5-13-15)14-10(16)9-3-2-7(11)4-12-9/h2-6H,1H3,(H,14,16). The van der Waals surface area contributed by atoms with E-state index in [2.05, 4.69) is 15.4 Å². The van der Waals surface area contributed by atoms with Crippen molar-refractivity contribution in [3.8, 4) is 0 Å². The summed E-state index contributed by atoms with van der Waals surface area (Å²) in [7, 11) is 1.77. The van der Waals surface area contributed by atoms with Crippen LogP contribution in [0.2, 0.25) is 5.02 Å². The highest BCUT2D eigenvalue weighted by atomic mass is 35.5. The van der Waals surface area contributed by atoms with Gasteiger partial charge in [-0.15, -0.1) is 0 Å². The Balaban J connectivity index is 2.11. The molecule has 2 aromatic rings. The molecule has 0 unspecified atom stereocenters. The van der Waals surface area contributed by atoms with E-state index in [0.29, 0.717) is 16.4 Å². The van der Waals surface area contributed by atoms with Crippen LogP contribution in [0.15, 0.2) is 30.7 Å². The fraction of sp³-hybridized carbons (Fsp3) is 0.100. The zero-order valence-corrected chi connectivity index (χ0v) is 9.27. The van der Waals surface area contributed by atoms with Crippen LogP contribution in [0.1, 0.15) is 10.5 Å². The number of aromatic nitrogens is 3. The molecule has 2 heterocycles. The van der Waals surface area contributed by atoms with Crippen molar-refractivity contribution >= 4 is 23.2 Å². The average molecular weight is 237 g/mol. The van der Waals surface area contributed by atoms with E-state index in [1.54, 1.807) is 36.3 Å². The van der Waals surface area contributed by atoms with Crippen LogP contribution in [0.25, 0.3) is 0 Å². The summed E-state index contributed by atoms with van der Waals surface area (Å²) in [5.74, 6) is -0.287. The fourth-order valence-electron chi connectivity index (χ4n) is 1.19. The number of amides is 1. The number of carbonyl (C=O) groups excluding carboxylic acids is 1. The molecule has 0 atom stereocenters. The molecule has 5 nitrogen and oxygen atoms in total. The van der Waals surface area contributed by atoms with E-state index >= 15 is 0 Å². The van der Waals surface area contributed by atoms with E-state index in [4.69, 9.17) is 11.6 Å². The molecule has 0 spiro atoms. The molecule has 0 radical (unpaired) electrons. The lowest BCUT2D eigenvalue weighted by molar-refractivity contribution is 0.102. The van der Waals surface area contributed by atoms with E-state index in [-0.39, 0.29) is 5.91 Å². The first-order chi connectivity index (χ1) is 7.65. The van der Waals surface area contributed by atoms with Gasteiger partial charge in [0.1, 0.15) is 5.69 Å². The first kappa shape index (κ1) is 10.6. The molecule has 0 fully saturated rings. The number of anilines is 1. The maximum atomic E-state index is 11.7. The van der Waals surface area contributed by atoms with Crippen LogP contribution in [0.3, 0.4) is 0 Å². The third kappa shape index (κ3) is 2.38. The lowest BCUT2D eigenvalue weighted by Crippen LogP contribution is -2.12. The molecule has 0 saturated heterocycles. The van der Waals surface area contributed by atoms with Gasteiger partial charge in [0.25, 0.3) is 5.91 Å². The summed E-state index contributed by atoms with van der Waals surface area (Å²) in [6.45, 7) is 0. The molecule has 16 heavy (non-hydrogen) atoms. The summed E-state index contributed by atoms with van der Waals surface area (Å²) in [6.07, 6.45) is 4.70. The van der Waals surface area contributed by atoms with Gasteiger partial charge in [0.05, 0.1) is 16.9 Å². The highest BCUT2D eigenvalue weighted by Crippen LogP contribution is 2.09. The zero-order valence-electron chi connectivity index (χ0n) is 8.51. The summed E-state index contributed by atoms with van der Waals surface area (Å²) in [5, 5.41) is 7.11. The smallest absolute Gasteiger partial charge is 0.274 e. The quantitative estimate of drug-likeness (QED) is 0.864. The Morgan fingerprint density at radius 2 is 2.25 bits per heavy atom. The SMILES string of the molecule is Cn1cc(NC(=O)c2ccc(Cl)cn2)cn1. The second kappa shape index (κ2) is 4.32. The van der Waals surface area contributed by atoms with E-state index < -0.39 is 0 Å². The first-order valence-electron chi connectivity index (χ1n) is 4.57. The monoisotopic (exact) mass is 236 g/mol. The minimum atomic E-state index is -0.287. The first-order valence-corrected chi connectivity index (χ1v) is 4.94. The van der Waals surface area contributed by atoms with Crippen molar-refractivity contribution in [3.05, 3.63) is 41.4 Å². The summed E-state index contributed by atoms with van der Waals surface area (Å²) in [5.41, 5.74) is 0.942. The van der Waals surface area contributed by atoms with Gasteiger partial charge >= 0.3 is 0 Å². The number of pyridine rings is 1. The number of hydrogen-bond acceptors (Lipinski definition) is 3. The van der Waals surface area contributed by atoms with Crippen molar-refractivity contribution < 1.29 is 4.79 Å². The summed E-state index contributed by atoms with van der Waals surface area (Å²) >= 11 is 5.67. The van der Waals surface area contributed by atoms with E-state index in [1.807, 2.05) is 0 Å². The van der Waals surface area contributed by atoms with Crippen molar-refractivity contribution in [2.45, 2.75) is 0 Å². The molecule has 1 N–H and O–H groups in total. The van der Waals surface area contributed by atoms with Crippen LogP contribution >= 0.6 is 11.6 Å². The van der Waals surface area contributed by atoms with Crippen molar-refractivity contribution in [2.24, 2.45) is 7.05 Å². The van der Waals surface area contributed by atoms with Crippen LogP contribution in [0.5, 0.6) is 0 Å². The molecule has 0 saturated carbocycles. The third-order valence-corrected chi connectivity index (χ3v) is 2.15. The molecule has 2 aromatic heterocycles. The minimum absolute atomic E-state index is 0.287. The van der Waals surface area contributed by atoms with Crippen molar-refractivity contribution in [1.82, 2.24) is 14.8 Å². The molecule has 1 amide bonds. The van der Waals surface area contributed by atoms with Gasteiger partial charge in [0.15, 0.2) is 0 Å². The van der Waals surface area contributed by atoms with Gasteiger partial charge in [-0.25, -0.2) is 4.98 Å². The molecular formula is C10H9ClN4O. The molecule has 0 aliphatic heterocycles.